The lowest BCUT2D eigenvalue weighted by Crippen LogP contribution is -2.44. The third kappa shape index (κ3) is 5.05. The summed E-state index contributed by atoms with van der Waals surface area (Å²) in [6, 6.07) is 7.16. The van der Waals surface area contributed by atoms with Crippen LogP contribution in [0.3, 0.4) is 0 Å². The van der Waals surface area contributed by atoms with Crippen molar-refractivity contribution in [1.29, 1.82) is 0 Å². The van der Waals surface area contributed by atoms with E-state index in [-0.39, 0.29) is 22.7 Å². The Kier molecular flexibility index (Phi) is 5.92. The molecule has 0 atom stereocenters. The van der Waals surface area contributed by atoms with E-state index in [2.05, 4.69) is 15.4 Å². The van der Waals surface area contributed by atoms with E-state index in [1.54, 1.807) is 21.5 Å². The molecule has 0 saturated carbocycles. The van der Waals surface area contributed by atoms with Gasteiger partial charge in [0.15, 0.2) is 5.65 Å². The molecule has 0 aliphatic carbocycles. The third-order valence-corrected chi connectivity index (χ3v) is 5.59. The van der Waals surface area contributed by atoms with Gasteiger partial charge >= 0.3 is 6.09 Å². The summed E-state index contributed by atoms with van der Waals surface area (Å²) >= 11 is 0. The number of fused-ring (bicyclic) bond motifs is 1. The summed E-state index contributed by atoms with van der Waals surface area (Å²) in [5, 5.41) is 19.3. The summed E-state index contributed by atoms with van der Waals surface area (Å²) in [4.78, 5) is 29.6. The Hall–Kier alpha value is -3.69. The zero-order chi connectivity index (χ0) is 23.8. The maximum atomic E-state index is 12.3. The minimum atomic E-state index is -0.536. The predicted molar refractivity (Wildman–Crippen MR) is 124 cm³/mol. The minimum Gasteiger partial charge on any atom is -0.444 e. The molecule has 3 aromatic rings. The number of nitrogens with zero attached hydrogens (tertiary/aromatic N) is 5. The number of rotatable bonds is 4. The molecule has 3 heterocycles. The van der Waals surface area contributed by atoms with Crippen molar-refractivity contribution in [1.82, 2.24) is 19.5 Å². The van der Waals surface area contributed by atoms with E-state index in [0.717, 1.165) is 22.3 Å². The molecule has 2 aromatic heterocycles. The van der Waals surface area contributed by atoms with Crippen molar-refractivity contribution in [3.05, 3.63) is 52.5 Å². The second-order valence-corrected chi connectivity index (χ2v) is 9.32. The lowest BCUT2D eigenvalue weighted by Gasteiger charge is -2.34. The molecule has 10 heteroatoms. The maximum absolute atomic E-state index is 12.3. The molecule has 1 amide bonds. The number of benzene rings is 1. The van der Waals surface area contributed by atoms with Gasteiger partial charge in [0.2, 0.25) is 0 Å². The predicted octanol–water partition coefficient (Wildman–Crippen LogP) is 4.42. The summed E-state index contributed by atoms with van der Waals surface area (Å²) < 4.78 is 7.10. The van der Waals surface area contributed by atoms with E-state index in [1.165, 1.54) is 6.33 Å². The van der Waals surface area contributed by atoms with Gasteiger partial charge in [0.25, 0.3) is 5.69 Å². The van der Waals surface area contributed by atoms with Crippen LogP contribution in [0.2, 0.25) is 0 Å². The molecule has 1 N–H and O–H groups in total. The van der Waals surface area contributed by atoms with E-state index in [9.17, 15) is 14.9 Å². The van der Waals surface area contributed by atoms with Crippen LogP contribution >= 0.6 is 0 Å². The molecule has 174 valence electrons. The number of nitro groups is 1. The highest BCUT2D eigenvalue weighted by molar-refractivity contribution is 5.75. The van der Waals surface area contributed by atoms with Crippen LogP contribution < -0.4 is 5.32 Å². The average molecular weight is 453 g/mol. The summed E-state index contributed by atoms with van der Waals surface area (Å²) in [6.45, 7) is 8.53. The van der Waals surface area contributed by atoms with Crippen molar-refractivity contribution in [3.63, 3.8) is 0 Å². The first kappa shape index (κ1) is 22.5. The molecule has 0 unspecified atom stereocenters. The monoisotopic (exact) mass is 452 g/mol. The van der Waals surface area contributed by atoms with E-state index >= 15 is 0 Å². The second-order valence-electron chi connectivity index (χ2n) is 9.32. The number of aryl methyl sites for hydroxylation is 1. The average Bonchev–Trinajstić information content (AvgIpc) is 3.22. The Labute approximate surface area is 191 Å². The van der Waals surface area contributed by atoms with Gasteiger partial charge in [0.05, 0.1) is 4.92 Å². The first-order valence-corrected chi connectivity index (χ1v) is 10.9. The molecule has 1 aliphatic rings. The first-order chi connectivity index (χ1) is 15.6. The zero-order valence-electron chi connectivity index (χ0n) is 19.2. The summed E-state index contributed by atoms with van der Waals surface area (Å²) in [6.07, 6.45) is 4.33. The van der Waals surface area contributed by atoms with Gasteiger partial charge in [-0.2, -0.15) is 5.10 Å². The highest BCUT2D eigenvalue weighted by Crippen LogP contribution is 2.33. The lowest BCUT2D eigenvalue weighted by molar-refractivity contribution is -0.383. The molecule has 1 fully saturated rings. The number of amides is 1. The lowest BCUT2D eigenvalue weighted by atomic mass is 10.0. The Bertz CT molecular complexity index is 1190. The maximum Gasteiger partial charge on any atom is 0.410 e. The number of likely N-dealkylation sites (tertiary alicyclic amines) is 1. The zero-order valence-corrected chi connectivity index (χ0v) is 19.2. The van der Waals surface area contributed by atoms with Crippen LogP contribution in [0.15, 0.2) is 36.8 Å². The van der Waals surface area contributed by atoms with Crippen molar-refractivity contribution in [2.75, 3.05) is 18.4 Å². The Morgan fingerprint density at radius 1 is 1.21 bits per heavy atom. The number of hydrogen-bond donors (Lipinski definition) is 1. The SMILES string of the molecule is Cc1cc(-c2ccc(NC3CCN(C(=O)OC(C)(C)C)CC3)c([N+](=O)[O-])c2)cn2ncnc12. The third-order valence-electron chi connectivity index (χ3n) is 5.59. The van der Waals surface area contributed by atoms with Gasteiger partial charge in [0, 0.05) is 37.0 Å². The first-order valence-electron chi connectivity index (χ1n) is 10.9. The molecular weight excluding hydrogens is 424 g/mol. The quantitative estimate of drug-likeness (QED) is 0.460. The smallest absolute Gasteiger partial charge is 0.410 e. The van der Waals surface area contributed by atoms with E-state index < -0.39 is 5.60 Å². The van der Waals surface area contributed by atoms with Crippen molar-refractivity contribution in [3.8, 4) is 11.1 Å². The largest absolute Gasteiger partial charge is 0.444 e. The van der Waals surface area contributed by atoms with E-state index in [0.29, 0.717) is 31.6 Å². The van der Waals surface area contributed by atoms with Gasteiger partial charge in [-0.15, -0.1) is 0 Å². The van der Waals surface area contributed by atoms with E-state index in [4.69, 9.17) is 4.74 Å². The normalized spacial score (nSPS) is 15.0. The van der Waals surface area contributed by atoms with Crippen LogP contribution in [0.25, 0.3) is 16.8 Å². The van der Waals surface area contributed by atoms with Crippen LogP contribution in [-0.2, 0) is 4.74 Å². The Morgan fingerprint density at radius 2 is 1.94 bits per heavy atom. The Morgan fingerprint density at radius 3 is 2.61 bits per heavy atom. The number of anilines is 1. The highest BCUT2D eigenvalue weighted by atomic mass is 16.6. The summed E-state index contributed by atoms with van der Waals surface area (Å²) in [5.74, 6) is 0. The van der Waals surface area contributed by atoms with Crippen LogP contribution in [0.1, 0.15) is 39.2 Å². The van der Waals surface area contributed by atoms with Crippen molar-refractivity contribution in [2.24, 2.45) is 0 Å². The van der Waals surface area contributed by atoms with Crippen LogP contribution in [-0.4, -0.2) is 55.2 Å². The molecule has 4 rings (SSSR count). The number of pyridine rings is 1. The Balaban J connectivity index is 1.49. The molecule has 0 radical (unpaired) electrons. The molecule has 1 aliphatic heterocycles. The van der Waals surface area contributed by atoms with Crippen molar-refractivity contribution in [2.45, 2.75) is 52.2 Å². The van der Waals surface area contributed by atoms with Gasteiger partial charge in [-0.05, 0) is 63.8 Å². The molecule has 10 nitrogen and oxygen atoms in total. The number of aromatic nitrogens is 3. The molecule has 0 bridgehead atoms. The number of carbonyl (C=O) groups is 1. The van der Waals surface area contributed by atoms with E-state index in [1.807, 2.05) is 46.0 Å². The molecule has 33 heavy (non-hydrogen) atoms. The van der Waals surface area contributed by atoms with Gasteiger partial charge in [0.1, 0.15) is 17.6 Å². The molecular formula is C23H28N6O4. The topological polar surface area (TPSA) is 115 Å². The van der Waals surface area contributed by atoms with Gasteiger partial charge in [-0.25, -0.2) is 14.3 Å². The van der Waals surface area contributed by atoms with Gasteiger partial charge in [-0.3, -0.25) is 10.1 Å². The standard InChI is InChI=1S/C23H28N6O4/c1-15-11-17(13-28-21(15)24-14-25-28)16-5-6-19(20(12-16)29(31)32)26-18-7-9-27(10-8-18)22(30)33-23(2,3)4/h5-6,11-14,18,26H,7-10H2,1-4H3. The fraction of sp³-hybridized carbons (Fsp3) is 0.435. The number of nitrogens with one attached hydrogen (secondary N) is 1. The van der Waals surface area contributed by atoms with Gasteiger partial charge < -0.3 is 15.0 Å². The highest BCUT2D eigenvalue weighted by Gasteiger charge is 2.28. The van der Waals surface area contributed by atoms with Crippen LogP contribution in [0, 0.1) is 17.0 Å². The minimum absolute atomic E-state index is 0.0124. The fourth-order valence-electron chi connectivity index (χ4n) is 3.99. The fourth-order valence-corrected chi connectivity index (χ4v) is 3.99. The number of ether oxygens (including phenoxy) is 1. The summed E-state index contributed by atoms with van der Waals surface area (Å²) in [5.41, 5.74) is 3.19. The molecule has 1 saturated heterocycles. The van der Waals surface area contributed by atoms with Crippen molar-refractivity contribution < 1.29 is 14.5 Å². The number of piperidine rings is 1. The van der Waals surface area contributed by atoms with Crippen molar-refractivity contribution >= 4 is 23.1 Å². The molecule has 0 spiro atoms. The number of carbonyl (C=O) groups excluding carboxylic acids is 1. The van der Waals surface area contributed by atoms with Crippen LogP contribution in [0.5, 0.6) is 0 Å². The number of hydrogen-bond acceptors (Lipinski definition) is 7. The number of nitro benzene ring substituents is 1. The summed E-state index contributed by atoms with van der Waals surface area (Å²) in [7, 11) is 0. The molecule has 1 aromatic carbocycles. The second kappa shape index (κ2) is 8.68. The van der Waals surface area contributed by atoms with Gasteiger partial charge in [-0.1, -0.05) is 6.07 Å². The van der Waals surface area contributed by atoms with Crippen LogP contribution in [0.4, 0.5) is 16.2 Å².